The lowest BCUT2D eigenvalue weighted by molar-refractivity contribution is 0.1000. The fourth-order valence-electron chi connectivity index (χ4n) is 1.20. The first-order valence-electron chi connectivity index (χ1n) is 4.19. The van der Waals surface area contributed by atoms with Gasteiger partial charge in [-0.2, -0.15) is 0 Å². The van der Waals surface area contributed by atoms with Gasteiger partial charge in [-0.05, 0) is 31.1 Å². The number of amides is 1. The van der Waals surface area contributed by atoms with Crippen molar-refractivity contribution in [2.75, 3.05) is 0 Å². The first-order chi connectivity index (χ1) is 6.16. The van der Waals surface area contributed by atoms with Crippen molar-refractivity contribution < 1.29 is 4.79 Å². The molecule has 0 saturated carbocycles. The second-order valence-electron chi connectivity index (χ2n) is 2.88. The summed E-state index contributed by atoms with van der Waals surface area (Å²) in [5, 5.41) is 0. The van der Waals surface area contributed by atoms with E-state index >= 15 is 0 Å². The lowest BCUT2D eigenvalue weighted by Gasteiger charge is -2.05. The molecule has 0 atom stereocenters. The van der Waals surface area contributed by atoms with Crippen molar-refractivity contribution in [3.63, 3.8) is 0 Å². The van der Waals surface area contributed by atoms with Crippen molar-refractivity contribution in [3.8, 4) is 0 Å². The molecule has 0 aliphatic rings. The van der Waals surface area contributed by atoms with Gasteiger partial charge in [0, 0.05) is 5.56 Å². The topological polar surface area (TPSA) is 43.1 Å². The largest absolute Gasteiger partial charge is 0.366 e. The summed E-state index contributed by atoms with van der Waals surface area (Å²) >= 11 is 0. The Labute approximate surface area is 78.1 Å². The molecule has 1 rings (SSSR count). The zero-order valence-electron chi connectivity index (χ0n) is 7.87. The molecular weight excluding hydrogens is 162 g/mol. The van der Waals surface area contributed by atoms with Gasteiger partial charge in [-0.3, -0.25) is 4.79 Å². The molecule has 0 unspecified atom stereocenters. The molecular formula is C11H13NO. The van der Waals surface area contributed by atoms with Crippen LogP contribution < -0.4 is 5.73 Å². The van der Waals surface area contributed by atoms with E-state index in [0.29, 0.717) is 5.56 Å². The van der Waals surface area contributed by atoms with Gasteiger partial charge in [-0.25, -0.2) is 0 Å². The van der Waals surface area contributed by atoms with Gasteiger partial charge in [0.05, 0.1) is 0 Å². The number of hydrogen-bond donors (Lipinski definition) is 1. The summed E-state index contributed by atoms with van der Waals surface area (Å²) in [7, 11) is 0. The van der Waals surface area contributed by atoms with Crippen molar-refractivity contribution >= 4 is 11.5 Å². The van der Waals surface area contributed by atoms with Crippen molar-refractivity contribution in [2.24, 2.45) is 5.73 Å². The minimum atomic E-state index is -0.378. The molecule has 2 heteroatoms. The summed E-state index contributed by atoms with van der Waals surface area (Å²) in [6.07, 6.45) is 1.96. The molecule has 2 N–H and O–H groups in total. The summed E-state index contributed by atoms with van der Waals surface area (Å²) in [5.41, 5.74) is 7.80. The summed E-state index contributed by atoms with van der Waals surface area (Å²) < 4.78 is 0. The average molecular weight is 175 g/mol. The molecule has 0 heterocycles. The molecule has 2 nitrogen and oxygen atoms in total. The van der Waals surface area contributed by atoms with E-state index in [4.69, 9.17) is 5.73 Å². The highest BCUT2D eigenvalue weighted by Crippen LogP contribution is 2.17. The normalized spacial score (nSPS) is 11.4. The Morgan fingerprint density at radius 2 is 1.85 bits per heavy atom. The second-order valence-corrected chi connectivity index (χ2v) is 2.88. The molecule has 0 bridgehead atoms. The van der Waals surface area contributed by atoms with Gasteiger partial charge in [-0.1, -0.05) is 24.3 Å². The van der Waals surface area contributed by atoms with E-state index in [1.165, 1.54) is 0 Å². The van der Waals surface area contributed by atoms with Crippen LogP contribution in [-0.4, -0.2) is 5.91 Å². The minimum Gasteiger partial charge on any atom is -0.366 e. The fourth-order valence-corrected chi connectivity index (χ4v) is 1.20. The second kappa shape index (κ2) is 3.90. The number of allylic oxidation sites excluding steroid dienone is 2. The molecule has 0 radical (unpaired) electrons. The average Bonchev–Trinajstić information content (AvgIpc) is 2.16. The third kappa shape index (κ3) is 1.96. The Morgan fingerprint density at radius 3 is 2.31 bits per heavy atom. The van der Waals surface area contributed by atoms with E-state index < -0.39 is 0 Å². The van der Waals surface area contributed by atoms with Gasteiger partial charge in [0.15, 0.2) is 0 Å². The number of nitrogens with two attached hydrogens (primary N) is 1. The Kier molecular flexibility index (Phi) is 2.85. The lowest BCUT2D eigenvalue weighted by Crippen LogP contribution is -2.12. The van der Waals surface area contributed by atoms with Crippen molar-refractivity contribution in [1.29, 1.82) is 0 Å². The van der Waals surface area contributed by atoms with E-state index in [1.807, 2.05) is 38.1 Å². The number of hydrogen-bond acceptors (Lipinski definition) is 1. The van der Waals surface area contributed by atoms with Crippen LogP contribution in [0.3, 0.4) is 0 Å². The van der Waals surface area contributed by atoms with Gasteiger partial charge >= 0.3 is 0 Å². The molecule has 0 aliphatic carbocycles. The molecule has 0 spiro atoms. The van der Waals surface area contributed by atoms with Gasteiger partial charge in [0.2, 0.25) is 5.91 Å². The van der Waals surface area contributed by atoms with Gasteiger partial charge in [-0.15, -0.1) is 0 Å². The highest BCUT2D eigenvalue weighted by Gasteiger charge is 2.06. The van der Waals surface area contributed by atoms with Crippen molar-refractivity contribution in [1.82, 2.24) is 0 Å². The first-order valence-corrected chi connectivity index (χ1v) is 4.19. The van der Waals surface area contributed by atoms with Crippen LogP contribution in [0.1, 0.15) is 29.8 Å². The highest BCUT2D eigenvalue weighted by atomic mass is 16.1. The number of carbonyl (C=O) groups excluding carboxylic acids is 1. The van der Waals surface area contributed by atoms with E-state index in [9.17, 15) is 4.79 Å². The maximum absolute atomic E-state index is 11.0. The fraction of sp³-hybridized carbons (Fsp3) is 0.182. The standard InChI is InChI=1S/C11H13NO/c1-3-8(2)9-6-4-5-7-10(9)11(12)13/h3-7H,1-2H3,(H2,12,13). The monoisotopic (exact) mass is 175 g/mol. The summed E-state index contributed by atoms with van der Waals surface area (Å²) in [5.74, 6) is -0.378. The minimum absolute atomic E-state index is 0.378. The quantitative estimate of drug-likeness (QED) is 0.735. The van der Waals surface area contributed by atoms with Crippen LogP contribution in [0.15, 0.2) is 30.3 Å². The van der Waals surface area contributed by atoms with Gasteiger partial charge in [0.25, 0.3) is 0 Å². The van der Waals surface area contributed by atoms with Gasteiger partial charge in [0.1, 0.15) is 0 Å². The smallest absolute Gasteiger partial charge is 0.249 e. The SMILES string of the molecule is CC=C(C)c1ccccc1C(N)=O. The van der Waals surface area contributed by atoms with E-state index in [0.717, 1.165) is 11.1 Å². The van der Waals surface area contributed by atoms with Gasteiger partial charge < -0.3 is 5.73 Å². The lowest BCUT2D eigenvalue weighted by atomic mass is 10.0. The molecule has 1 aromatic carbocycles. The van der Waals surface area contributed by atoms with Crippen LogP contribution in [0.25, 0.3) is 5.57 Å². The molecule has 0 saturated heterocycles. The molecule has 1 amide bonds. The Bertz CT molecular complexity index is 353. The van der Waals surface area contributed by atoms with E-state index in [-0.39, 0.29) is 5.91 Å². The predicted octanol–water partition coefficient (Wildman–Crippen LogP) is 2.21. The van der Waals surface area contributed by atoms with Crippen LogP contribution in [0, 0.1) is 0 Å². The molecule has 68 valence electrons. The maximum Gasteiger partial charge on any atom is 0.249 e. The first kappa shape index (κ1) is 9.52. The molecule has 13 heavy (non-hydrogen) atoms. The van der Waals surface area contributed by atoms with Crippen molar-refractivity contribution in [3.05, 3.63) is 41.5 Å². The Hall–Kier alpha value is -1.57. The number of primary amides is 1. The van der Waals surface area contributed by atoms with Crippen LogP contribution in [0.2, 0.25) is 0 Å². The van der Waals surface area contributed by atoms with E-state index in [1.54, 1.807) is 6.07 Å². The van der Waals surface area contributed by atoms with E-state index in [2.05, 4.69) is 0 Å². The van der Waals surface area contributed by atoms with Crippen LogP contribution in [0.4, 0.5) is 0 Å². The summed E-state index contributed by atoms with van der Waals surface area (Å²) in [6, 6.07) is 7.35. The zero-order valence-corrected chi connectivity index (χ0v) is 7.87. The molecule has 0 fully saturated rings. The summed E-state index contributed by atoms with van der Waals surface area (Å²) in [6.45, 7) is 3.90. The van der Waals surface area contributed by atoms with Crippen LogP contribution >= 0.6 is 0 Å². The summed E-state index contributed by atoms with van der Waals surface area (Å²) in [4.78, 5) is 11.0. The zero-order chi connectivity index (χ0) is 9.84. The molecule has 1 aromatic rings. The maximum atomic E-state index is 11.0. The number of carbonyl (C=O) groups is 1. The number of benzene rings is 1. The Balaban J connectivity index is 3.28. The molecule has 0 aromatic heterocycles. The third-order valence-corrected chi connectivity index (χ3v) is 2.05. The predicted molar refractivity (Wildman–Crippen MR) is 54.3 cm³/mol. The van der Waals surface area contributed by atoms with Crippen LogP contribution in [0.5, 0.6) is 0 Å². The number of rotatable bonds is 2. The van der Waals surface area contributed by atoms with Crippen molar-refractivity contribution in [2.45, 2.75) is 13.8 Å². The Morgan fingerprint density at radius 1 is 1.31 bits per heavy atom. The molecule has 0 aliphatic heterocycles. The van der Waals surface area contributed by atoms with Crippen LogP contribution in [-0.2, 0) is 0 Å². The third-order valence-electron chi connectivity index (χ3n) is 2.05. The highest BCUT2D eigenvalue weighted by molar-refractivity contribution is 5.97.